The number of alkyl halides is 1. The molecule has 0 atom stereocenters. The van der Waals surface area contributed by atoms with Gasteiger partial charge in [-0.2, -0.15) is 0 Å². The average molecular weight is 288 g/mol. The topological polar surface area (TPSA) is 36.4 Å². The van der Waals surface area contributed by atoms with E-state index < -0.39 is 0 Å². The van der Waals surface area contributed by atoms with Crippen molar-refractivity contribution in [3.8, 4) is 0 Å². The van der Waals surface area contributed by atoms with Crippen LogP contribution in [0, 0.1) is 0 Å². The third kappa shape index (κ3) is 3.67. The Bertz CT molecular complexity index is 410. The van der Waals surface area contributed by atoms with Crippen molar-refractivity contribution in [3.05, 3.63) is 16.1 Å². The lowest BCUT2D eigenvalue weighted by Gasteiger charge is -2.18. The maximum absolute atomic E-state index is 11.7. The standard InChI is InChI=1S/C12H18ClN3OS/c1-15-4-2-5-16(8-12(15)17)6-3-11-14-10(7-13)9-18-11/h9H,2-8H2,1H3. The minimum absolute atomic E-state index is 0.216. The summed E-state index contributed by atoms with van der Waals surface area (Å²) < 4.78 is 0. The average Bonchev–Trinajstić information content (AvgIpc) is 2.76. The molecule has 2 rings (SSSR count). The van der Waals surface area contributed by atoms with Crippen LogP contribution >= 0.6 is 22.9 Å². The molecule has 1 fully saturated rings. The highest BCUT2D eigenvalue weighted by Gasteiger charge is 2.18. The van der Waals surface area contributed by atoms with Gasteiger partial charge in [0.05, 0.1) is 23.1 Å². The molecule has 1 saturated heterocycles. The minimum Gasteiger partial charge on any atom is -0.345 e. The van der Waals surface area contributed by atoms with Crippen LogP contribution in [-0.2, 0) is 17.1 Å². The second-order valence-corrected chi connectivity index (χ2v) is 5.77. The van der Waals surface area contributed by atoms with Crippen LogP contribution in [0.25, 0.3) is 0 Å². The van der Waals surface area contributed by atoms with Crippen molar-refractivity contribution in [2.45, 2.75) is 18.7 Å². The predicted molar refractivity (Wildman–Crippen MR) is 74.1 cm³/mol. The summed E-state index contributed by atoms with van der Waals surface area (Å²) in [5.74, 6) is 0.692. The number of rotatable bonds is 4. The van der Waals surface area contributed by atoms with Crippen LogP contribution in [0.15, 0.2) is 5.38 Å². The van der Waals surface area contributed by atoms with Crippen LogP contribution in [0.3, 0.4) is 0 Å². The number of likely N-dealkylation sites (N-methyl/N-ethyl adjacent to an activating group) is 1. The molecule has 6 heteroatoms. The number of thiazole rings is 1. The summed E-state index contributed by atoms with van der Waals surface area (Å²) in [5, 5.41) is 3.11. The van der Waals surface area contributed by atoms with Crippen LogP contribution < -0.4 is 0 Å². The largest absolute Gasteiger partial charge is 0.345 e. The zero-order valence-corrected chi connectivity index (χ0v) is 12.1. The van der Waals surface area contributed by atoms with Gasteiger partial charge < -0.3 is 4.90 Å². The van der Waals surface area contributed by atoms with Crippen molar-refractivity contribution in [2.75, 3.05) is 33.2 Å². The smallest absolute Gasteiger partial charge is 0.236 e. The molecule has 100 valence electrons. The molecule has 0 saturated carbocycles. The molecule has 1 aliphatic rings. The molecule has 18 heavy (non-hydrogen) atoms. The first-order valence-corrected chi connectivity index (χ1v) is 7.56. The van der Waals surface area contributed by atoms with Gasteiger partial charge in [-0.25, -0.2) is 4.98 Å². The molecule has 4 nitrogen and oxygen atoms in total. The van der Waals surface area contributed by atoms with Crippen molar-refractivity contribution in [3.63, 3.8) is 0 Å². The minimum atomic E-state index is 0.216. The number of hydrogen-bond acceptors (Lipinski definition) is 4. The quantitative estimate of drug-likeness (QED) is 0.789. The number of carbonyl (C=O) groups excluding carboxylic acids is 1. The van der Waals surface area contributed by atoms with Crippen molar-refractivity contribution < 1.29 is 4.79 Å². The van der Waals surface area contributed by atoms with Gasteiger partial charge in [-0.15, -0.1) is 22.9 Å². The maximum Gasteiger partial charge on any atom is 0.236 e. The summed E-state index contributed by atoms with van der Waals surface area (Å²) in [5.41, 5.74) is 0.948. The molecule has 0 spiro atoms. The van der Waals surface area contributed by atoms with Crippen molar-refractivity contribution in [1.29, 1.82) is 0 Å². The monoisotopic (exact) mass is 287 g/mol. The zero-order chi connectivity index (χ0) is 13.0. The number of hydrogen-bond donors (Lipinski definition) is 0. The summed E-state index contributed by atoms with van der Waals surface area (Å²) in [6, 6.07) is 0. The van der Waals surface area contributed by atoms with Crippen LogP contribution in [0.1, 0.15) is 17.1 Å². The number of nitrogens with zero attached hydrogens (tertiary/aromatic N) is 3. The van der Waals surface area contributed by atoms with E-state index in [2.05, 4.69) is 9.88 Å². The fraction of sp³-hybridized carbons (Fsp3) is 0.667. The SMILES string of the molecule is CN1CCCN(CCc2nc(CCl)cs2)CC1=O. The third-order valence-electron chi connectivity index (χ3n) is 3.13. The summed E-state index contributed by atoms with van der Waals surface area (Å²) in [7, 11) is 1.87. The van der Waals surface area contributed by atoms with Gasteiger partial charge in [0.15, 0.2) is 0 Å². The predicted octanol–water partition coefficient (Wildman–Crippen LogP) is 1.59. The second kappa shape index (κ2) is 6.50. The first-order chi connectivity index (χ1) is 8.69. The molecule has 0 bridgehead atoms. The van der Waals surface area contributed by atoms with Gasteiger partial charge in [0.25, 0.3) is 0 Å². The fourth-order valence-electron chi connectivity index (χ4n) is 2.02. The van der Waals surface area contributed by atoms with Crippen LogP contribution in [0.4, 0.5) is 0 Å². The highest BCUT2D eigenvalue weighted by atomic mass is 35.5. The summed E-state index contributed by atoms with van der Waals surface area (Å²) in [6.45, 7) is 3.28. The van der Waals surface area contributed by atoms with E-state index in [9.17, 15) is 4.79 Å². The van der Waals surface area contributed by atoms with Gasteiger partial charge in [0.2, 0.25) is 5.91 Å². The van der Waals surface area contributed by atoms with Crippen molar-refractivity contribution in [1.82, 2.24) is 14.8 Å². The van der Waals surface area contributed by atoms with Gasteiger partial charge in [-0.05, 0) is 6.42 Å². The Balaban J connectivity index is 1.84. The molecule has 1 aromatic heterocycles. The number of carbonyl (C=O) groups is 1. The van der Waals surface area contributed by atoms with Gasteiger partial charge in [0.1, 0.15) is 0 Å². The van der Waals surface area contributed by atoms with Gasteiger partial charge in [-0.3, -0.25) is 9.69 Å². The molecule has 0 aliphatic carbocycles. The molecule has 0 radical (unpaired) electrons. The Morgan fingerprint density at radius 1 is 1.50 bits per heavy atom. The van der Waals surface area contributed by atoms with Crippen LogP contribution in [-0.4, -0.2) is 53.9 Å². The molecule has 1 aromatic rings. The van der Waals surface area contributed by atoms with E-state index in [0.29, 0.717) is 12.4 Å². The Labute approximate surface area is 117 Å². The van der Waals surface area contributed by atoms with Crippen molar-refractivity contribution in [2.24, 2.45) is 0 Å². The zero-order valence-electron chi connectivity index (χ0n) is 10.6. The Morgan fingerprint density at radius 3 is 3.06 bits per heavy atom. The maximum atomic E-state index is 11.7. The van der Waals surface area contributed by atoms with E-state index in [1.807, 2.05) is 17.3 Å². The Kier molecular flexibility index (Phi) is 4.97. The van der Waals surface area contributed by atoms with Crippen LogP contribution in [0.2, 0.25) is 0 Å². The number of amides is 1. The van der Waals surface area contributed by atoms with E-state index in [4.69, 9.17) is 11.6 Å². The molecular weight excluding hydrogens is 270 g/mol. The Hall–Kier alpha value is -0.650. The molecule has 0 unspecified atom stereocenters. The first kappa shape index (κ1) is 13.8. The normalized spacial score (nSPS) is 18.1. The van der Waals surface area contributed by atoms with Gasteiger partial charge >= 0.3 is 0 Å². The van der Waals surface area contributed by atoms with Crippen LogP contribution in [0.5, 0.6) is 0 Å². The van der Waals surface area contributed by atoms with Gasteiger partial charge in [0, 0.05) is 38.5 Å². The summed E-state index contributed by atoms with van der Waals surface area (Å²) >= 11 is 7.38. The third-order valence-corrected chi connectivity index (χ3v) is 4.36. The molecule has 0 aromatic carbocycles. The Morgan fingerprint density at radius 2 is 2.33 bits per heavy atom. The van der Waals surface area contributed by atoms with Gasteiger partial charge in [-0.1, -0.05) is 0 Å². The van der Waals surface area contributed by atoms with E-state index in [1.165, 1.54) is 0 Å². The second-order valence-electron chi connectivity index (χ2n) is 4.56. The molecule has 1 aliphatic heterocycles. The fourth-order valence-corrected chi connectivity index (χ4v) is 3.03. The first-order valence-electron chi connectivity index (χ1n) is 6.14. The van der Waals surface area contributed by atoms with Crippen molar-refractivity contribution >= 4 is 28.8 Å². The molecule has 1 amide bonds. The van der Waals surface area contributed by atoms with E-state index >= 15 is 0 Å². The number of aromatic nitrogens is 1. The molecular formula is C12H18ClN3OS. The highest BCUT2D eigenvalue weighted by Crippen LogP contribution is 2.13. The lowest BCUT2D eigenvalue weighted by Crippen LogP contribution is -2.35. The lowest BCUT2D eigenvalue weighted by atomic mass is 10.3. The highest BCUT2D eigenvalue weighted by molar-refractivity contribution is 7.09. The van der Waals surface area contributed by atoms with E-state index in [-0.39, 0.29) is 5.91 Å². The summed E-state index contributed by atoms with van der Waals surface area (Å²) in [4.78, 5) is 20.2. The molecule has 0 N–H and O–H groups in total. The van der Waals surface area contributed by atoms with E-state index in [1.54, 1.807) is 11.3 Å². The number of halogens is 1. The van der Waals surface area contributed by atoms with E-state index in [0.717, 1.165) is 43.2 Å². The summed E-state index contributed by atoms with van der Waals surface area (Å²) in [6.07, 6.45) is 1.95. The molecule has 2 heterocycles. The lowest BCUT2D eigenvalue weighted by molar-refractivity contribution is -0.129.